The van der Waals surface area contributed by atoms with E-state index in [0.717, 1.165) is 36.6 Å². The smallest absolute Gasteiger partial charge is 0.305 e. The molecule has 2 aliphatic rings. The molecule has 5 nitrogen and oxygen atoms in total. The van der Waals surface area contributed by atoms with Crippen LogP contribution in [0.3, 0.4) is 0 Å². The first-order valence-corrected chi connectivity index (χ1v) is 7.78. The number of nitrogens with zero attached hydrogens (tertiary/aromatic N) is 2. The van der Waals surface area contributed by atoms with Gasteiger partial charge in [-0.25, -0.2) is 4.98 Å². The van der Waals surface area contributed by atoms with Gasteiger partial charge in [-0.1, -0.05) is 19.3 Å². The highest BCUT2D eigenvalue weighted by molar-refractivity contribution is 7.09. The Morgan fingerprint density at radius 2 is 2.11 bits per heavy atom. The lowest BCUT2D eigenvalue weighted by atomic mass is 9.79. The van der Waals surface area contributed by atoms with E-state index in [1.807, 2.05) is 0 Å². The van der Waals surface area contributed by atoms with Crippen LogP contribution < -0.4 is 5.32 Å². The molecule has 0 amide bonds. The number of carbonyl (C=O) groups is 1. The second kappa shape index (κ2) is 5.07. The second-order valence-electron chi connectivity index (χ2n) is 5.77. The van der Waals surface area contributed by atoms with E-state index in [2.05, 4.69) is 14.7 Å². The summed E-state index contributed by atoms with van der Waals surface area (Å²) in [7, 11) is 0. The summed E-state index contributed by atoms with van der Waals surface area (Å²) < 4.78 is 4.37. The quantitative estimate of drug-likeness (QED) is 0.867. The largest absolute Gasteiger partial charge is 0.481 e. The standard InChI is InChI=1S/C13H19N3O2S/c17-10(18)8-13(6-2-1-3-7-13)15-12-14-11(16-19-12)9-4-5-9/h9H,1-8H2,(H,17,18)(H,14,15,16). The van der Waals surface area contributed by atoms with Crippen molar-refractivity contribution in [2.45, 2.75) is 62.8 Å². The number of nitrogens with one attached hydrogen (secondary N) is 1. The molecule has 6 heteroatoms. The van der Waals surface area contributed by atoms with Gasteiger partial charge in [-0.05, 0) is 25.7 Å². The maximum atomic E-state index is 11.1. The SMILES string of the molecule is O=C(O)CC1(Nc2nc(C3CC3)ns2)CCCCC1. The molecule has 0 radical (unpaired) electrons. The molecule has 1 aromatic rings. The van der Waals surface area contributed by atoms with Crippen LogP contribution in [-0.2, 0) is 4.79 Å². The van der Waals surface area contributed by atoms with Gasteiger partial charge in [-0.15, -0.1) is 0 Å². The van der Waals surface area contributed by atoms with Gasteiger partial charge in [0, 0.05) is 17.5 Å². The van der Waals surface area contributed by atoms with Crippen molar-refractivity contribution in [2.75, 3.05) is 5.32 Å². The minimum absolute atomic E-state index is 0.172. The van der Waals surface area contributed by atoms with Crippen LogP contribution in [0.1, 0.15) is 63.1 Å². The molecule has 0 bridgehead atoms. The molecule has 0 spiro atoms. The first-order chi connectivity index (χ1) is 9.17. The average molecular weight is 281 g/mol. The van der Waals surface area contributed by atoms with E-state index in [9.17, 15) is 4.79 Å². The van der Waals surface area contributed by atoms with Crippen LogP contribution in [0, 0.1) is 0 Å². The summed E-state index contributed by atoms with van der Waals surface area (Å²) in [5, 5.41) is 13.3. The molecule has 1 heterocycles. The molecular formula is C13H19N3O2S. The van der Waals surface area contributed by atoms with Gasteiger partial charge in [-0.3, -0.25) is 4.79 Å². The van der Waals surface area contributed by atoms with E-state index in [0.29, 0.717) is 5.92 Å². The van der Waals surface area contributed by atoms with E-state index >= 15 is 0 Å². The van der Waals surface area contributed by atoms with Gasteiger partial charge in [-0.2, -0.15) is 4.37 Å². The van der Waals surface area contributed by atoms with Crippen molar-refractivity contribution in [1.29, 1.82) is 0 Å². The van der Waals surface area contributed by atoms with E-state index in [1.165, 1.54) is 30.8 Å². The Labute approximate surface area is 116 Å². The molecule has 1 aromatic heterocycles. The minimum atomic E-state index is -0.735. The zero-order chi connectivity index (χ0) is 13.3. The van der Waals surface area contributed by atoms with Gasteiger partial charge < -0.3 is 10.4 Å². The first kappa shape index (κ1) is 12.8. The number of aromatic nitrogens is 2. The van der Waals surface area contributed by atoms with Gasteiger partial charge in [0.2, 0.25) is 5.13 Å². The van der Waals surface area contributed by atoms with Crippen molar-refractivity contribution >= 4 is 22.6 Å². The van der Waals surface area contributed by atoms with Gasteiger partial charge in [0.1, 0.15) is 5.82 Å². The molecule has 0 saturated heterocycles. The van der Waals surface area contributed by atoms with Crippen LogP contribution in [0.2, 0.25) is 0 Å². The number of hydrogen-bond donors (Lipinski definition) is 2. The molecule has 0 atom stereocenters. The van der Waals surface area contributed by atoms with Gasteiger partial charge in [0.15, 0.2) is 0 Å². The van der Waals surface area contributed by atoms with Crippen LogP contribution in [0.15, 0.2) is 0 Å². The fraction of sp³-hybridized carbons (Fsp3) is 0.769. The van der Waals surface area contributed by atoms with Crippen LogP contribution >= 0.6 is 11.5 Å². The molecular weight excluding hydrogens is 262 g/mol. The Morgan fingerprint density at radius 3 is 2.74 bits per heavy atom. The maximum Gasteiger partial charge on any atom is 0.305 e. The number of aliphatic carboxylic acids is 1. The van der Waals surface area contributed by atoms with Crippen molar-refractivity contribution in [2.24, 2.45) is 0 Å². The van der Waals surface area contributed by atoms with Crippen molar-refractivity contribution in [3.05, 3.63) is 5.82 Å². The summed E-state index contributed by atoms with van der Waals surface area (Å²) in [4.78, 5) is 15.6. The van der Waals surface area contributed by atoms with Crippen molar-refractivity contribution < 1.29 is 9.90 Å². The zero-order valence-electron chi connectivity index (χ0n) is 10.9. The first-order valence-electron chi connectivity index (χ1n) is 7.00. The zero-order valence-corrected chi connectivity index (χ0v) is 11.7. The third-order valence-corrected chi connectivity index (χ3v) is 4.70. The van der Waals surface area contributed by atoms with Gasteiger partial charge >= 0.3 is 5.97 Å². The highest BCUT2D eigenvalue weighted by atomic mass is 32.1. The Hall–Kier alpha value is -1.17. The summed E-state index contributed by atoms with van der Waals surface area (Å²) in [5.74, 6) is 0.753. The Kier molecular flexibility index (Phi) is 3.43. The Bertz CT molecular complexity index is 464. The fourth-order valence-corrected chi connectivity index (χ4v) is 3.65. The van der Waals surface area contributed by atoms with E-state index < -0.39 is 5.97 Å². The van der Waals surface area contributed by atoms with E-state index in [4.69, 9.17) is 5.11 Å². The highest BCUT2D eigenvalue weighted by Gasteiger charge is 2.36. The number of carboxylic acid groups (broad SMARTS) is 1. The van der Waals surface area contributed by atoms with Crippen molar-refractivity contribution in [3.63, 3.8) is 0 Å². The summed E-state index contributed by atoms with van der Waals surface area (Å²) in [6, 6.07) is 0. The number of hydrogen-bond acceptors (Lipinski definition) is 5. The molecule has 0 unspecified atom stereocenters. The summed E-state index contributed by atoms with van der Waals surface area (Å²) in [5.41, 5.74) is -0.315. The molecule has 104 valence electrons. The topological polar surface area (TPSA) is 75.1 Å². The van der Waals surface area contributed by atoms with Gasteiger partial charge in [0.25, 0.3) is 0 Å². The predicted molar refractivity (Wildman–Crippen MR) is 73.6 cm³/mol. The second-order valence-corrected chi connectivity index (χ2v) is 6.52. The fourth-order valence-electron chi connectivity index (χ4n) is 2.88. The summed E-state index contributed by atoms with van der Waals surface area (Å²) >= 11 is 1.37. The third-order valence-electron chi connectivity index (χ3n) is 4.06. The van der Waals surface area contributed by atoms with Crippen LogP contribution in [-0.4, -0.2) is 26.0 Å². The van der Waals surface area contributed by atoms with Crippen LogP contribution in [0.5, 0.6) is 0 Å². The minimum Gasteiger partial charge on any atom is -0.481 e. The Balaban J connectivity index is 1.73. The van der Waals surface area contributed by atoms with Crippen LogP contribution in [0.25, 0.3) is 0 Å². The Morgan fingerprint density at radius 1 is 1.37 bits per heavy atom. The predicted octanol–water partition coefficient (Wildman–Crippen LogP) is 3.01. The van der Waals surface area contributed by atoms with Gasteiger partial charge in [0.05, 0.1) is 12.0 Å². The molecule has 2 N–H and O–H groups in total. The monoisotopic (exact) mass is 281 g/mol. The lowest BCUT2D eigenvalue weighted by molar-refractivity contribution is -0.138. The maximum absolute atomic E-state index is 11.1. The molecule has 0 aromatic carbocycles. The summed E-state index contributed by atoms with van der Waals surface area (Å²) in [6.45, 7) is 0. The lowest BCUT2D eigenvalue weighted by Crippen LogP contribution is -2.42. The average Bonchev–Trinajstić information content (AvgIpc) is 3.11. The van der Waals surface area contributed by atoms with Crippen molar-refractivity contribution in [1.82, 2.24) is 9.36 Å². The summed E-state index contributed by atoms with van der Waals surface area (Å²) in [6.07, 6.45) is 7.77. The number of rotatable bonds is 5. The van der Waals surface area contributed by atoms with E-state index in [-0.39, 0.29) is 12.0 Å². The van der Waals surface area contributed by atoms with Crippen molar-refractivity contribution in [3.8, 4) is 0 Å². The van der Waals surface area contributed by atoms with Crippen LogP contribution in [0.4, 0.5) is 5.13 Å². The third kappa shape index (κ3) is 3.05. The molecule has 0 aliphatic heterocycles. The molecule has 19 heavy (non-hydrogen) atoms. The molecule has 2 aliphatic carbocycles. The lowest BCUT2D eigenvalue weighted by Gasteiger charge is -2.36. The molecule has 2 fully saturated rings. The molecule has 3 rings (SSSR count). The normalized spacial score (nSPS) is 22.1. The van der Waals surface area contributed by atoms with E-state index in [1.54, 1.807) is 0 Å². The number of anilines is 1. The molecule has 2 saturated carbocycles. The number of carboxylic acids is 1. The highest BCUT2D eigenvalue weighted by Crippen LogP contribution is 2.40.